The molecule has 0 saturated carbocycles. The first kappa shape index (κ1) is 9.17. The van der Waals surface area contributed by atoms with Gasteiger partial charge in [-0.2, -0.15) is 5.26 Å². The Labute approximate surface area is 77.9 Å². The maximum Gasteiger partial charge on any atom is 0.142 e. The number of hydrogen-bond donors (Lipinski definition) is 1. The molecular weight excluding hydrogens is 223 g/mol. The van der Waals surface area contributed by atoms with Crippen LogP contribution in [-0.4, -0.2) is 0 Å². The average molecular weight is 229 g/mol. The number of benzene rings is 1. The van der Waals surface area contributed by atoms with Crippen molar-refractivity contribution in [1.82, 2.24) is 0 Å². The molecule has 0 heterocycles. The molecule has 0 aromatic heterocycles. The highest BCUT2D eigenvalue weighted by atomic mass is 79.9. The fourth-order valence-corrected chi connectivity index (χ4v) is 1.31. The van der Waals surface area contributed by atoms with Crippen LogP contribution in [0.25, 0.3) is 0 Å². The fraction of sp³-hybridized carbons (Fsp3) is 0.125. The molecule has 1 aromatic rings. The van der Waals surface area contributed by atoms with Crippen molar-refractivity contribution in [2.75, 3.05) is 0 Å². The van der Waals surface area contributed by atoms with Gasteiger partial charge in [0.05, 0.1) is 5.56 Å². The van der Waals surface area contributed by atoms with E-state index in [9.17, 15) is 4.39 Å². The van der Waals surface area contributed by atoms with Gasteiger partial charge in [-0.1, -0.05) is 15.9 Å². The molecule has 2 nitrogen and oxygen atoms in total. The van der Waals surface area contributed by atoms with Gasteiger partial charge in [-0.3, -0.25) is 0 Å². The Kier molecular flexibility index (Phi) is 2.79. The molecule has 4 heteroatoms. The summed E-state index contributed by atoms with van der Waals surface area (Å²) in [7, 11) is 0. The maximum atomic E-state index is 12.9. The molecule has 0 bridgehead atoms. The monoisotopic (exact) mass is 228 g/mol. The molecule has 0 fully saturated rings. The summed E-state index contributed by atoms with van der Waals surface area (Å²) in [4.78, 5) is 0. The van der Waals surface area contributed by atoms with Gasteiger partial charge in [-0.15, -0.1) is 0 Å². The number of nitriles is 1. The van der Waals surface area contributed by atoms with Crippen molar-refractivity contribution in [2.45, 2.75) is 6.54 Å². The fourth-order valence-electron chi connectivity index (χ4n) is 0.836. The van der Waals surface area contributed by atoms with Crippen LogP contribution in [-0.2, 0) is 6.54 Å². The average Bonchev–Trinajstić information content (AvgIpc) is 2.05. The largest absolute Gasteiger partial charge is 0.326 e. The van der Waals surface area contributed by atoms with E-state index in [-0.39, 0.29) is 12.1 Å². The Bertz CT molecular complexity index is 344. The van der Waals surface area contributed by atoms with Crippen LogP contribution in [0.3, 0.4) is 0 Å². The zero-order valence-electron chi connectivity index (χ0n) is 6.14. The molecule has 0 aliphatic carbocycles. The second kappa shape index (κ2) is 3.65. The lowest BCUT2D eigenvalue weighted by molar-refractivity contribution is 0.622. The number of halogens is 2. The topological polar surface area (TPSA) is 49.8 Å². The smallest absolute Gasteiger partial charge is 0.142 e. The molecule has 1 rings (SSSR count). The Balaban J connectivity index is 3.30. The Morgan fingerprint density at radius 2 is 2.25 bits per heavy atom. The third kappa shape index (κ3) is 1.63. The van der Waals surface area contributed by atoms with E-state index in [1.54, 1.807) is 6.07 Å². The third-order valence-corrected chi connectivity index (χ3v) is 2.21. The van der Waals surface area contributed by atoms with Crippen molar-refractivity contribution >= 4 is 15.9 Å². The molecule has 62 valence electrons. The first-order chi connectivity index (χ1) is 5.69. The van der Waals surface area contributed by atoms with E-state index in [4.69, 9.17) is 11.0 Å². The minimum absolute atomic E-state index is 0.0265. The number of hydrogen-bond acceptors (Lipinski definition) is 2. The number of nitrogens with two attached hydrogens (primary N) is 1. The molecule has 0 aliphatic rings. The van der Waals surface area contributed by atoms with E-state index < -0.39 is 5.82 Å². The van der Waals surface area contributed by atoms with Crippen molar-refractivity contribution in [3.05, 3.63) is 33.5 Å². The van der Waals surface area contributed by atoms with E-state index in [2.05, 4.69) is 15.9 Å². The van der Waals surface area contributed by atoms with E-state index in [1.807, 2.05) is 0 Å². The first-order valence-corrected chi connectivity index (χ1v) is 4.06. The number of rotatable bonds is 1. The maximum absolute atomic E-state index is 12.9. The van der Waals surface area contributed by atoms with Gasteiger partial charge in [0.1, 0.15) is 11.9 Å². The molecular formula is C8H6BrFN2. The summed E-state index contributed by atoms with van der Waals surface area (Å²) >= 11 is 3.14. The summed E-state index contributed by atoms with van der Waals surface area (Å²) in [6, 6.07) is 4.44. The van der Waals surface area contributed by atoms with Gasteiger partial charge in [0.2, 0.25) is 0 Å². The van der Waals surface area contributed by atoms with Crippen LogP contribution in [0.2, 0.25) is 0 Å². The van der Waals surface area contributed by atoms with Crippen molar-refractivity contribution in [3.63, 3.8) is 0 Å². The highest BCUT2D eigenvalue weighted by Crippen LogP contribution is 2.20. The van der Waals surface area contributed by atoms with Crippen molar-refractivity contribution in [1.29, 1.82) is 5.26 Å². The van der Waals surface area contributed by atoms with Gasteiger partial charge in [0.15, 0.2) is 0 Å². The summed E-state index contributed by atoms with van der Waals surface area (Å²) in [6.07, 6.45) is 0. The summed E-state index contributed by atoms with van der Waals surface area (Å²) in [5, 5.41) is 8.48. The highest BCUT2D eigenvalue weighted by Gasteiger charge is 2.05. The normalized spacial score (nSPS) is 9.50. The molecule has 0 aliphatic heterocycles. The zero-order valence-corrected chi connectivity index (χ0v) is 7.73. The quantitative estimate of drug-likeness (QED) is 0.799. The van der Waals surface area contributed by atoms with Gasteiger partial charge in [0.25, 0.3) is 0 Å². The minimum Gasteiger partial charge on any atom is -0.326 e. The predicted molar refractivity (Wildman–Crippen MR) is 46.7 cm³/mol. The molecule has 0 radical (unpaired) electrons. The van der Waals surface area contributed by atoms with Crippen LogP contribution in [0.4, 0.5) is 4.39 Å². The van der Waals surface area contributed by atoms with Gasteiger partial charge in [-0.05, 0) is 17.7 Å². The van der Waals surface area contributed by atoms with Gasteiger partial charge in [-0.25, -0.2) is 4.39 Å². The first-order valence-electron chi connectivity index (χ1n) is 3.27. The van der Waals surface area contributed by atoms with Gasteiger partial charge < -0.3 is 5.73 Å². The van der Waals surface area contributed by atoms with Crippen molar-refractivity contribution in [3.8, 4) is 6.07 Å². The standard InChI is InChI=1S/C8H6BrFN2/c9-7-2-8(10)6(4-12)1-5(7)3-11/h1-2H,3,11H2. The molecule has 0 saturated heterocycles. The Morgan fingerprint density at radius 1 is 1.58 bits per heavy atom. The molecule has 2 N–H and O–H groups in total. The summed E-state index contributed by atoms with van der Waals surface area (Å²) in [5.74, 6) is -0.526. The van der Waals surface area contributed by atoms with Crippen LogP contribution in [0.5, 0.6) is 0 Å². The van der Waals surface area contributed by atoms with Crippen LogP contribution in [0.15, 0.2) is 16.6 Å². The summed E-state index contributed by atoms with van der Waals surface area (Å²) in [5.41, 5.74) is 6.12. The Hall–Kier alpha value is -0.920. The summed E-state index contributed by atoms with van der Waals surface area (Å²) in [6.45, 7) is 0.287. The highest BCUT2D eigenvalue weighted by molar-refractivity contribution is 9.10. The third-order valence-electron chi connectivity index (χ3n) is 1.48. The van der Waals surface area contributed by atoms with Crippen LogP contribution in [0, 0.1) is 17.1 Å². The van der Waals surface area contributed by atoms with Gasteiger partial charge in [0, 0.05) is 11.0 Å². The molecule has 0 spiro atoms. The van der Waals surface area contributed by atoms with Crippen molar-refractivity contribution < 1.29 is 4.39 Å². The van der Waals surface area contributed by atoms with Crippen LogP contribution < -0.4 is 5.73 Å². The lowest BCUT2D eigenvalue weighted by atomic mass is 10.1. The Morgan fingerprint density at radius 3 is 2.75 bits per heavy atom. The molecule has 1 aromatic carbocycles. The van der Waals surface area contributed by atoms with E-state index in [0.29, 0.717) is 4.47 Å². The van der Waals surface area contributed by atoms with Crippen molar-refractivity contribution in [2.24, 2.45) is 5.73 Å². The minimum atomic E-state index is -0.526. The van der Waals surface area contributed by atoms with Crippen LogP contribution >= 0.6 is 15.9 Å². The SMILES string of the molecule is N#Cc1cc(CN)c(Br)cc1F. The second-order valence-electron chi connectivity index (χ2n) is 2.24. The van der Waals surface area contributed by atoms with Crippen LogP contribution in [0.1, 0.15) is 11.1 Å². The number of nitrogens with zero attached hydrogens (tertiary/aromatic N) is 1. The lowest BCUT2D eigenvalue weighted by Gasteiger charge is -2.01. The van der Waals surface area contributed by atoms with Gasteiger partial charge >= 0.3 is 0 Å². The van der Waals surface area contributed by atoms with E-state index >= 15 is 0 Å². The molecule has 0 unspecified atom stereocenters. The lowest BCUT2D eigenvalue weighted by Crippen LogP contribution is -1.99. The predicted octanol–water partition coefficient (Wildman–Crippen LogP) is 1.92. The molecule has 12 heavy (non-hydrogen) atoms. The van der Waals surface area contributed by atoms with E-state index in [1.165, 1.54) is 12.1 Å². The summed E-state index contributed by atoms with van der Waals surface area (Å²) < 4.78 is 13.5. The second-order valence-corrected chi connectivity index (χ2v) is 3.09. The zero-order chi connectivity index (χ0) is 9.14. The molecule has 0 atom stereocenters. The molecule has 0 amide bonds. The van der Waals surface area contributed by atoms with E-state index in [0.717, 1.165) is 5.56 Å².